The fraction of sp³-hybridized carbons (Fsp3) is 0.375. The van der Waals surface area contributed by atoms with Crippen LogP contribution in [0.2, 0.25) is 5.02 Å². The van der Waals surface area contributed by atoms with Gasteiger partial charge in [-0.15, -0.1) is 0 Å². The predicted octanol–water partition coefficient (Wildman–Crippen LogP) is 5.94. The van der Waals surface area contributed by atoms with Gasteiger partial charge in [0.25, 0.3) is 0 Å². The highest BCUT2D eigenvalue weighted by atomic mass is 35.5. The minimum absolute atomic E-state index is 0.102. The Labute approximate surface area is 184 Å². The molecule has 0 radical (unpaired) electrons. The molecule has 0 bridgehead atoms. The number of amides is 1. The molecular formula is C24H32ClFN2O2. The Morgan fingerprint density at radius 3 is 2.50 bits per heavy atom. The number of halogens is 2. The van der Waals surface area contributed by atoms with Crippen molar-refractivity contribution >= 4 is 23.1 Å². The topological polar surface area (TPSA) is 66.6 Å². The summed E-state index contributed by atoms with van der Waals surface area (Å²) in [4.78, 5) is 14.4. The number of phenols is 1. The van der Waals surface area contributed by atoms with Gasteiger partial charge in [-0.2, -0.15) is 0 Å². The molecule has 3 N–H and O–H groups in total. The van der Waals surface area contributed by atoms with Crippen molar-refractivity contribution in [3.8, 4) is 5.75 Å². The number of benzene rings is 2. The van der Waals surface area contributed by atoms with Gasteiger partial charge in [0.15, 0.2) is 0 Å². The smallest absolute Gasteiger partial charge is 0.240 e. The molecule has 0 saturated heterocycles. The number of aromatic hydroxyl groups is 1. The number of rotatable bonds is 4. The Morgan fingerprint density at radius 2 is 1.90 bits per heavy atom. The molecule has 0 aromatic heterocycles. The molecule has 2 atom stereocenters. The van der Waals surface area contributed by atoms with E-state index in [2.05, 4.69) is 0 Å². The number of hydrogen-bond acceptors (Lipinski definition) is 3. The van der Waals surface area contributed by atoms with Gasteiger partial charge in [-0.25, -0.2) is 4.39 Å². The second-order valence-electron chi connectivity index (χ2n) is 6.34. The Kier molecular flexibility index (Phi) is 10.6. The van der Waals surface area contributed by atoms with E-state index in [-0.39, 0.29) is 18.2 Å². The molecule has 0 spiro atoms. The number of nitrogens with zero attached hydrogens (tertiary/aromatic N) is 1. The van der Waals surface area contributed by atoms with E-state index in [9.17, 15) is 14.3 Å². The van der Waals surface area contributed by atoms with Crippen LogP contribution in [0.4, 0.5) is 4.39 Å². The lowest BCUT2D eigenvalue weighted by atomic mass is 10.0. The summed E-state index contributed by atoms with van der Waals surface area (Å²) in [6, 6.07) is 9.96. The van der Waals surface area contributed by atoms with Crippen LogP contribution in [0, 0.1) is 5.82 Å². The fourth-order valence-corrected chi connectivity index (χ4v) is 3.29. The molecule has 3 rings (SSSR count). The molecule has 1 aliphatic heterocycles. The first kappa shape index (κ1) is 25.7. The monoisotopic (exact) mass is 434 g/mol. The highest BCUT2D eigenvalue weighted by Crippen LogP contribution is 2.37. The highest BCUT2D eigenvalue weighted by Gasteiger charge is 2.33. The highest BCUT2D eigenvalue weighted by molar-refractivity contribution is 6.30. The van der Waals surface area contributed by atoms with Gasteiger partial charge < -0.3 is 15.7 Å². The first-order valence-electron chi connectivity index (χ1n) is 10.4. The van der Waals surface area contributed by atoms with Gasteiger partial charge in [0, 0.05) is 17.1 Å². The molecule has 0 fully saturated rings. The van der Waals surface area contributed by atoms with E-state index in [1.807, 2.05) is 46.8 Å². The third-order valence-electron chi connectivity index (χ3n) is 4.56. The summed E-state index contributed by atoms with van der Waals surface area (Å²) < 4.78 is 14.3. The molecule has 1 amide bonds. The van der Waals surface area contributed by atoms with Gasteiger partial charge in [0.2, 0.25) is 5.91 Å². The van der Waals surface area contributed by atoms with Crippen LogP contribution >= 0.6 is 11.6 Å². The maximum absolute atomic E-state index is 14.3. The molecule has 4 nitrogen and oxygen atoms in total. The average Bonchev–Trinajstić information content (AvgIpc) is 3.22. The van der Waals surface area contributed by atoms with Crippen LogP contribution in [0.5, 0.6) is 5.75 Å². The molecule has 1 heterocycles. The third kappa shape index (κ3) is 6.07. The second kappa shape index (κ2) is 12.4. The Balaban J connectivity index is 0.00000106. The summed E-state index contributed by atoms with van der Waals surface area (Å²) in [5.74, 6) is -0.510. The van der Waals surface area contributed by atoms with E-state index in [1.54, 1.807) is 29.2 Å². The molecule has 30 heavy (non-hydrogen) atoms. The normalized spacial score (nSPS) is 15.9. The number of carbonyl (C=O) groups is 1. The van der Waals surface area contributed by atoms with E-state index < -0.39 is 17.9 Å². The van der Waals surface area contributed by atoms with Crippen LogP contribution in [0.1, 0.15) is 58.2 Å². The zero-order valence-corrected chi connectivity index (χ0v) is 19.1. The lowest BCUT2D eigenvalue weighted by Crippen LogP contribution is -2.43. The molecular weight excluding hydrogens is 403 g/mol. The maximum Gasteiger partial charge on any atom is 0.240 e. The molecule has 6 heteroatoms. The van der Waals surface area contributed by atoms with Crippen molar-refractivity contribution in [2.24, 2.45) is 5.73 Å². The van der Waals surface area contributed by atoms with Crippen LogP contribution in [-0.2, 0) is 4.79 Å². The summed E-state index contributed by atoms with van der Waals surface area (Å²) >= 11 is 6.01. The van der Waals surface area contributed by atoms with Crippen molar-refractivity contribution in [2.75, 3.05) is 6.54 Å². The summed E-state index contributed by atoms with van der Waals surface area (Å²) in [5, 5.41) is 10.2. The predicted molar refractivity (Wildman–Crippen MR) is 123 cm³/mol. The zero-order chi connectivity index (χ0) is 22.8. The van der Waals surface area contributed by atoms with E-state index in [0.29, 0.717) is 22.6 Å². The molecule has 1 aliphatic rings. The van der Waals surface area contributed by atoms with E-state index in [1.165, 1.54) is 12.1 Å². The van der Waals surface area contributed by atoms with Crippen LogP contribution in [0.15, 0.2) is 48.5 Å². The van der Waals surface area contributed by atoms with E-state index in [0.717, 1.165) is 5.56 Å². The van der Waals surface area contributed by atoms with Gasteiger partial charge in [0.05, 0.1) is 12.1 Å². The third-order valence-corrected chi connectivity index (χ3v) is 4.80. The fourth-order valence-electron chi connectivity index (χ4n) is 3.12. The van der Waals surface area contributed by atoms with Gasteiger partial charge >= 0.3 is 0 Å². The summed E-state index contributed by atoms with van der Waals surface area (Å²) in [7, 11) is 0. The first-order chi connectivity index (χ1) is 14.4. The summed E-state index contributed by atoms with van der Waals surface area (Å²) in [6.07, 6.45) is 2.33. The Morgan fingerprint density at radius 1 is 1.23 bits per heavy atom. The van der Waals surface area contributed by atoms with Crippen LogP contribution in [0.3, 0.4) is 0 Å². The molecule has 0 saturated carbocycles. The summed E-state index contributed by atoms with van der Waals surface area (Å²) in [5.41, 5.74) is 7.71. The standard InChI is InChI=1S/C20H20ClFN2O2.2C2H6/c1-2-18(23)20(26)24-11-13(16-10-14(21)6-7-17(16)22)9-19(24)12-4-3-5-15(25)8-12;2*1-2/h3-10,18-19,25H,2,11,23H2,1H3;2*1-2H3. The van der Waals surface area contributed by atoms with Gasteiger partial charge in [0.1, 0.15) is 11.6 Å². The van der Waals surface area contributed by atoms with Gasteiger partial charge in [-0.3, -0.25) is 4.79 Å². The zero-order valence-electron chi connectivity index (χ0n) is 18.3. The van der Waals surface area contributed by atoms with Crippen molar-refractivity contribution in [3.05, 3.63) is 70.5 Å². The molecule has 2 aromatic carbocycles. The number of phenolic OH excluding ortho intramolecular Hbond substituents is 1. The van der Waals surface area contributed by atoms with E-state index >= 15 is 0 Å². The van der Waals surface area contributed by atoms with Gasteiger partial charge in [-0.05, 0) is 47.9 Å². The molecule has 2 aromatic rings. The summed E-state index contributed by atoms with van der Waals surface area (Å²) in [6.45, 7) is 10.1. The number of hydrogen-bond donors (Lipinski definition) is 2. The van der Waals surface area contributed by atoms with E-state index in [4.69, 9.17) is 17.3 Å². The Hall–Kier alpha value is -2.37. The molecule has 164 valence electrons. The largest absolute Gasteiger partial charge is 0.508 e. The molecule has 2 unspecified atom stereocenters. The van der Waals surface area contributed by atoms with Crippen molar-refractivity contribution in [2.45, 2.75) is 53.1 Å². The quantitative estimate of drug-likeness (QED) is 0.625. The van der Waals surface area contributed by atoms with Crippen molar-refractivity contribution in [1.29, 1.82) is 0 Å². The van der Waals surface area contributed by atoms with Crippen LogP contribution in [0.25, 0.3) is 5.57 Å². The van der Waals surface area contributed by atoms with Crippen molar-refractivity contribution in [3.63, 3.8) is 0 Å². The van der Waals surface area contributed by atoms with Crippen molar-refractivity contribution in [1.82, 2.24) is 4.90 Å². The lowest BCUT2D eigenvalue weighted by molar-refractivity contribution is -0.133. The SMILES string of the molecule is CC.CC.CCC(N)C(=O)N1CC(c2cc(Cl)ccc2F)=CC1c1cccc(O)c1. The maximum atomic E-state index is 14.3. The first-order valence-corrected chi connectivity index (χ1v) is 10.8. The second-order valence-corrected chi connectivity index (χ2v) is 6.77. The number of carbonyl (C=O) groups excluding carboxylic acids is 1. The lowest BCUT2D eigenvalue weighted by Gasteiger charge is -2.27. The average molecular weight is 435 g/mol. The Bertz CT molecular complexity index is 870. The van der Waals surface area contributed by atoms with Crippen LogP contribution < -0.4 is 5.73 Å². The molecule has 0 aliphatic carbocycles. The minimum atomic E-state index is -0.633. The minimum Gasteiger partial charge on any atom is -0.508 e. The van der Waals surface area contributed by atoms with Crippen LogP contribution in [-0.4, -0.2) is 28.5 Å². The number of nitrogens with two attached hydrogens (primary N) is 1. The van der Waals surface area contributed by atoms with Crippen molar-refractivity contribution < 1.29 is 14.3 Å². The van der Waals surface area contributed by atoms with Gasteiger partial charge in [-0.1, -0.05) is 64.4 Å².